The van der Waals surface area contributed by atoms with E-state index >= 15 is 0 Å². The Morgan fingerprint density at radius 3 is 2.41 bits per heavy atom. The fourth-order valence-corrected chi connectivity index (χ4v) is 2.24. The maximum atomic E-state index is 11.0. The molecule has 1 rings (SSSR count). The number of benzene rings is 1. The average molecular weight is 341 g/mol. The minimum atomic E-state index is -0.427. The lowest BCUT2D eigenvalue weighted by Crippen LogP contribution is -2.10. The molecule has 6 heteroatoms. The second-order valence-corrected chi connectivity index (χ2v) is 5.79. The molecule has 0 aromatic heterocycles. The molecule has 2 unspecified atom stereocenters. The lowest BCUT2D eigenvalue weighted by molar-refractivity contribution is -0.385. The molecule has 0 aliphatic rings. The molecule has 0 saturated heterocycles. The Kier molecular flexibility index (Phi) is 5.22. The first-order valence-electron chi connectivity index (χ1n) is 5.15. The van der Waals surface area contributed by atoms with Crippen LogP contribution < -0.4 is 0 Å². The Hall–Kier alpha value is -0.320. The molecule has 0 aliphatic carbocycles. The standard InChI is InChI=1S/C11H12BrCl2NO2/c1-3-8(12)6(2)7-4-9(13)10(14)5-11(7)15(16)17/h4-6,8H,3H2,1-2H3. The zero-order valence-electron chi connectivity index (χ0n) is 9.41. The summed E-state index contributed by atoms with van der Waals surface area (Å²) in [5.74, 6) is -0.00448. The van der Waals surface area contributed by atoms with Crippen LogP contribution in [0.4, 0.5) is 5.69 Å². The van der Waals surface area contributed by atoms with Gasteiger partial charge in [0, 0.05) is 22.4 Å². The monoisotopic (exact) mass is 339 g/mol. The summed E-state index contributed by atoms with van der Waals surface area (Å²) in [6.45, 7) is 3.94. The van der Waals surface area contributed by atoms with Gasteiger partial charge in [0.2, 0.25) is 0 Å². The van der Waals surface area contributed by atoms with E-state index in [9.17, 15) is 10.1 Å². The fraction of sp³-hybridized carbons (Fsp3) is 0.455. The van der Waals surface area contributed by atoms with Crippen molar-refractivity contribution in [1.29, 1.82) is 0 Å². The van der Waals surface area contributed by atoms with Gasteiger partial charge in [-0.15, -0.1) is 0 Å². The molecule has 0 aliphatic heterocycles. The van der Waals surface area contributed by atoms with Crippen LogP contribution in [0.25, 0.3) is 0 Å². The lowest BCUT2D eigenvalue weighted by atomic mass is 9.95. The van der Waals surface area contributed by atoms with Gasteiger partial charge in [-0.3, -0.25) is 10.1 Å². The second kappa shape index (κ2) is 6.03. The fourth-order valence-electron chi connectivity index (χ4n) is 1.62. The Morgan fingerprint density at radius 2 is 1.94 bits per heavy atom. The zero-order chi connectivity index (χ0) is 13.2. The van der Waals surface area contributed by atoms with Crippen LogP contribution in [-0.2, 0) is 0 Å². The van der Waals surface area contributed by atoms with Crippen molar-refractivity contribution in [1.82, 2.24) is 0 Å². The van der Waals surface area contributed by atoms with Crippen LogP contribution in [0.15, 0.2) is 12.1 Å². The van der Waals surface area contributed by atoms with Crippen LogP contribution in [0, 0.1) is 10.1 Å². The van der Waals surface area contributed by atoms with Crippen LogP contribution in [0.2, 0.25) is 10.0 Å². The first-order chi connectivity index (χ1) is 7.88. The smallest absolute Gasteiger partial charge is 0.258 e. The SMILES string of the molecule is CCC(Br)C(C)c1cc(Cl)c(Cl)cc1[N+](=O)[O-]. The highest BCUT2D eigenvalue weighted by Gasteiger charge is 2.25. The minimum Gasteiger partial charge on any atom is -0.258 e. The summed E-state index contributed by atoms with van der Waals surface area (Å²) in [5, 5.41) is 11.5. The quantitative estimate of drug-likeness (QED) is 0.430. The van der Waals surface area contributed by atoms with Crippen molar-refractivity contribution in [3.8, 4) is 0 Å². The van der Waals surface area contributed by atoms with Crippen molar-refractivity contribution in [2.45, 2.75) is 31.0 Å². The Balaban J connectivity index is 3.30. The van der Waals surface area contributed by atoms with Gasteiger partial charge in [-0.1, -0.05) is 53.0 Å². The molecule has 0 amide bonds. The number of hydrogen-bond acceptors (Lipinski definition) is 2. The summed E-state index contributed by atoms with van der Waals surface area (Å²) < 4.78 is 0. The maximum absolute atomic E-state index is 11.0. The van der Waals surface area contributed by atoms with Crippen molar-refractivity contribution in [2.75, 3.05) is 0 Å². The number of alkyl halides is 1. The van der Waals surface area contributed by atoms with Crippen LogP contribution in [-0.4, -0.2) is 9.75 Å². The van der Waals surface area contributed by atoms with E-state index in [-0.39, 0.29) is 21.5 Å². The predicted molar refractivity (Wildman–Crippen MR) is 74.5 cm³/mol. The first kappa shape index (κ1) is 14.7. The normalized spacial score (nSPS) is 14.4. The van der Waals surface area contributed by atoms with Gasteiger partial charge in [-0.25, -0.2) is 0 Å². The summed E-state index contributed by atoms with van der Waals surface area (Å²) >= 11 is 15.2. The van der Waals surface area contributed by atoms with Crippen molar-refractivity contribution < 1.29 is 4.92 Å². The van der Waals surface area contributed by atoms with Gasteiger partial charge in [0.15, 0.2) is 0 Å². The number of nitro benzene ring substituents is 1. The van der Waals surface area contributed by atoms with E-state index in [0.717, 1.165) is 6.42 Å². The van der Waals surface area contributed by atoms with E-state index < -0.39 is 4.92 Å². The number of nitrogens with zero attached hydrogens (tertiary/aromatic N) is 1. The largest absolute Gasteiger partial charge is 0.274 e. The van der Waals surface area contributed by atoms with Gasteiger partial charge < -0.3 is 0 Å². The molecule has 0 N–H and O–H groups in total. The number of nitro groups is 1. The molecule has 3 nitrogen and oxygen atoms in total. The minimum absolute atomic E-state index is 0.00448. The number of halogens is 3. The molecule has 94 valence electrons. The molecule has 0 fully saturated rings. The van der Waals surface area contributed by atoms with Crippen molar-refractivity contribution >= 4 is 44.8 Å². The third kappa shape index (κ3) is 3.33. The van der Waals surface area contributed by atoms with Gasteiger partial charge in [-0.2, -0.15) is 0 Å². The zero-order valence-corrected chi connectivity index (χ0v) is 12.5. The number of hydrogen-bond donors (Lipinski definition) is 0. The molecule has 0 radical (unpaired) electrons. The predicted octanol–water partition coefficient (Wildman–Crippen LogP) is 5.18. The molecule has 0 bridgehead atoms. The van der Waals surface area contributed by atoms with E-state index in [4.69, 9.17) is 23.2 Å². The van der Waals surface area contributed by atoms with Crippen molar-refractivity contribution in [2.24, 2.45) is 0 Å². The maximum Gasteiger partial charge on any atom is 0.274 e. The molecule has 2 atom stereocenters. The average Bonchev–Trinajstić information content (AvgIpc) is 2.29. The van der Waals surface area contributed by atoms with Crippen LogP contribution in [0.1, 0.15) is 31.7 Å². The van der Waals surface area contributed by atoms with E-state index in [1.54, 1.807) is 6.07 Å². The van der Waals surface area contributed by atoms with Gasteiger partial charge >= 0.3 is 0 Å². The molecule has 0 spiro atoms. The summed E-state index contributed by atoms with van der Waals surface area (Å²) in [6, 6.07) is 2.89. The summed E-state index contributed by atoms with van der Waals surface area (Å²) in [4.78, 5) is 10.7. The van der Waals surface area contributed by atoms with Gasteiger partial charge in [0.1, 0.15) is 0 Å². The van der Waals surface area contributed by atoms with Crippen molar-refractivity contribution in [3.05, 3.63) is 37.9 Å². The Morgan fingerprint density at radius 1 is 1.41 bits per heavy atom. The lowest BCUT2D eigenvalue weighted by Gasteiger charge is -2.17. The summed E-state index contributed by atoms with van der Waals surface area (Å²) in [6.07, 6.45) is 0.874. The molecule has 0 heterocycles. The Labute approximate surface area is 118 Å². The van der Waals surface area contributed by atoms with Crippen LogP contribution >= 0.6 is 39.1 Å². The highest BCUT2D eigenvalue weighted by molar-refractivity contribution is 9.09. The Bertz CT molecular complexity index is 440. The highest BCUT2D eigenvalue weighted by Crippen LogP contribution is 2.38. The molecule has 1 aromatic carbocycles. The molecular weight excluding hydrogens is 329 g/mol. The van der Waals surface area contributed by atoms with Crippen molar-refractivity contribution in [3.63, 3.8) is 0 Å². The summed E-state index contributed by atoms with van der Waals surface area (Å²) in [5.41, 5.74) is 0.623. The topological polar surface area (TPSA) is 43.1 Å². The summed E-state index contributed by atoms with van der Waals surface area (Å²) in [7, 11) is 0. The molecule has 17 heavy (non-hydrogen) atoms. The molecule has 1 aromatic rings. The van der Waals surface area contributed by atoms with Crippen LogP contribution in [0.5, 0.6) is 0 Å². The van der Waals surface area contributed by atoms with E-state index in [2.05, 4.69) is 15.9 Å². The molecule has 0 saturated carbocycles. The third-order valence-electron chi connectivity index (χ3n) is 2.69. The third-order valence-corrected chi connectivity index (χ3v) is 4.85. The van der Waals surface area contributed by atoms with E-state index in [0.29, 0.717) is 10.6 Å². The number of rotatable bonds is 4. The van der Waals surface area contributed by atoms with Crippen LogP contribution in [0.3, 0.4) is 0 Å². The van der Waals surface area contributed by atoms with Gasteiger partial charge in [0.25, 0.3) is 5.69 Å². The highest BCUT2D eigenvalue weighted by atomic mass is 79.9. The second-order valence-electron chi connectivity index (χ2n) is 3.80. The van der Waals surface area contributed by atoms with Gasteiger partial charge in [-0.05, 0) is 12.5 Å². The first-order valence-corrected chi connectivity index (χ1v) is 6.83. The van der Waals surface area contributed by atoms with E-state index in [1.807, 2.05) is 13.8 Å². The van der Waals surface area contributed by atoms with E-state index in [1.165, 1.54) is 6.07 Å². The van der Waals surface area contributed by atoms with Gasteiger partial charge in [0.05, 0.1) is 15.0 Å². The molecular formula is C11H12BrCl2NO2.